The average Bonchev–Trinajstić information content (AvgIpc) is 2.24. The Bertz CT molecular complexity index is 382. The zero-order valence-corrected chi connectivity index (χ0v) is 12.5. The second-order valence-electron chi connectivity index (χ2n) is 4.75. The Hall–Kier alpha value is -0.170. The van der Waals surface area contributed by atoms with Gasteiger partial charge in [0, 0.05) is 17.2 Å². The Morgan fingerprint density at radius 3 is 2.59 bits per heavy atom. The van der Waals surface area contributed by atoms with Crippen LogP contribution in [-0.2, 0) is 5.41 Å². The van der Waals surface area contributed by atoms with Crippen molar-refractivity contribution in [2.24, 2.45) is 0 Å². The largest absolute Gasteiger partial charge is 0.394 e. The fourth-order valence-corrected chi connectivity index (χ4v) is 2.39. The van der Waals surface area contributed by atoms with Crippen LogP contribution < -0.4 is 0 Å². The molecule has 2 N–H and O–H groups in total. The third-order valence-corrected chi connectivity index (χ3v) is 3.44. The van der Waals surface area contributed by atoms with E-state index in [0.717, 1.165) is 15.5 Å². The van der Waals surface area contributed by atoms with Gasteiger partial charge >= 0.3 is 0 Å². The van der Waals surface area contributed by atoms with Gasteiger partial charge < -0.3 is 10.2 Å². The highest BCUT2D eigenvalue weighted by Gasteiger charge is 2.19. The highest BCUT2D eigenvalue weighted by atomic mass is 79.9. The molecule has 0 saturated carbocycles. The summed E-state index contributed by atoms with van der Waals surface area (Å²) in [7, 11) is 0. The van der Waals surface area contributed by atoms with E-state index in [1.54, 1.807) is 0 Å². The van der Waals surface area contributed by atoms with Gasteiger partial charge in [0.25, 0.3) is 0 Å². The van der Waals surface area contributed by atoms with Crippen LogP contribution in [0.3, 0.4) is 0 Å². The lowest BCUT2D eigenvalue weighted by atomic mass is 9.96. The number of thioether (sulfide) groups is 1. The van der Waals surface area contributed by atoms with Gasteiger partial charge in [-0.05, 0) is 15.9 Å². The van der Waals surface area contributed by atoms with Crippen molar-refractivity contribution in [1.82, 2.24) is 9.97 Å². The van der Waals surface area contributed by atoms with Gasteiger partial charge in [0.2, 0.25) is 0 Å². The summed E-state index contributed by atoms with van der Waals surface area (Å²) >= 11 is 4.76. The maximum absolute atomic E-state index is 9.29. The van der Waals surface area contributed by atoms with E-state index in [4.69, 9.17) is 5.11 Å². The van der Waals surface area contributed by atoms with E-state index < -0.39 is 6.10 Å². The topological polar surface area (TPSA) is 66.2 Å². The molecule has 0 aliphatic rings. The molecular weight excluding hydrogens is 304 g/mol. The lowest BCUT2D eigenvalue weighted by Crippen LogP contribution is -2.17. The Morgan fingerprint density at radius 2 is 2.06 bits per heavy atom. The zero-order chi connectivity index (χ0) is 13.1. The molecule has 96 valence electrons. The van der Waals surface area contributed by atoms with E-state index in [1.807, 2.05) is 26.8 Å². The standard InChI is InChI=1S/C11H17BrN2O2S/c1-11(2,3)10-13-8(12)4-9(14-10)17-6-7(16)5-15/h4,7,15-16H,5-6H2,1-3H3. The number of rotatable bonds is 4. The van der Waals surface area contributed by atoms with Gasteiger partial charge in [-0.25, -0.2) is 9.97 Å². The molecule has 0 aliphatic carbocycles. The number of nitrogens with zero attached hydrogens (tertiary/aromatic N) is 2. The van der Waals surface area contributed by atoms with E-state index in [0.29, 0.717) is 5.75 Å². The number of halogens is 1. The summed E-state index contributed by atoms with van der Waals surface area (Å²) in [6, 6.07) is 1.81. The molecule has 0 bridgehead atoms. The van der Waals surface area contributed by atoms with Gasteiger partial charge in [-0.3, -0.25) is 0 Å². The molecule has 1 heterocycles. The summed E-state index contributed by atoms with van der Waals surface area (Å²) in [5.74, 6) is 1.18. The van der Waals surface area contributed by atoms with Crippen LogP contribution in [0.2, 0.25) is 0 Å². The molecule has 1 rings (SSSR count). The molecule has 1 aromatic rings. The molecule has 4 nitrogen and oxygen atoms in total. The number of aromatic nitrogens is 2. The molecule has 0 radical (unpaired) electrons. The van der Waals surface area contributed by atoms with Crippen molar-refractivity contribution in [3.8, 4) is 0 Å². The molecule has 17 heavy (non-hydrogen) atoms. The molecule has 0 amide bonds. The molecule has 1 aromatic heterocycles. The smallest absolute Gasteiger partial charge is 0.136 e. The van der Waals surface area contributed by atoms with Crippen LogP contribution in [0.4, 0.5) is 0 Å². The number of hydrogen-bond acceptors (Lipinski definition) is 5. The first-order chi connectivity index (χ1) is 7.82. The quantitative estimate of drug-likeness (QED) is 0.656. The van der Waals surface area contributed by atoms with E-state index in [9.17, 15) is 5.11 Å². The summed E-state index contributed by atoms with van der Waals surface area (Å²) in [4.78, 5) is 8.77. The van der Waals surface area contributed by atoms with Crippen LogP contribution in [-0.4, -0.2) is 38.6 Å². The molecule has 1 unspecified atom stereocenters. The van der Waals surface area contributed by atoms with Gasteiger partial charge in [-0.1, -0.05) is 20.8 Å². The number of hydrogen-bond donors (Lipinski definition) is 2. The first-order valence-electron chi connectivity index (χ1n) is 5.29. The Morgan fingerprint density at radius 1 is 1.41 bits per heavy atom. The monoisotopic (exact) mass is 320 g/mol. The second-order valence-corrected chi connectivity index (χ2v) is 6.60. The van der Waals surface area contributed by atoms with Gasteiger partial charge in [0.05, 0.1) is 12.7 Å². The van der Waals surface area contributed by atoms with E-state index >= 15 is 0 Å². The molecule has 0 saturated heterocycles. The Balaban J connectivity index is 2.83. The van der Waals surface area contributed by atoms with Crippen molar-refractivity contribution in [3.05, 3.63) is 16.5 Å². The van der Waals surface area contributed by atoms with Crippen LogP contribution >= 0.6 is 27.7 Å². The van der Waals surface area contributed by atoms with Gasteiger partial charge in [-0.15, -0.1) is 11.8 Å². The number of aliphatic hydroxyl groups is 2. The molecule has 0 aliphatic heterocycles. The molecule has 0 fully saturated rings. The van der Waals surface area contributed by atoms with E-state index in [2.05, 4.69) is 25.9 Å². The van der Waals surface area contributed by atoms with Crippen molar-refractivity contribution in [1.29, 1.82) is 0 Å². The van der Waals surface area contributed by atoms with Crippen molar-refractivity contribution in [2.45, 2.75) is 37.3 Å². The molecule has 0 spiro atoms. The predicted octanol–water partition coefficient (Wildman–Crippen LogP) is 1.98. The maximum atomic E-state index is 9.29. The highest BCUT2D eigenvalue weighted by molar-refractivity contribution is 9.10. The minimum Gasteiger partial charge on any atom is -0.394 e. The maximum Gasteiger partial charge on any atom is 0.136 e. The summed E-state index contributed by atoms with van der Waals surface area (Å²) in [6.07, 6.45) is -0.716. The van der Waals surface area contributed by atoms with Crippen LogP contribution in [0.15, 0.2) is 15.7 Å². The normalized spacial score (nSPS) is 13.8. The zero-order valence-electron chi connectivity index (χ0n) is 10.1. The molecule has 0 aromatic carbocycles. The number of aliphatic hydroxyl groups excluding tert-OH is 2. The second kappa shape index (κ2) is 6.13. The van der Waals surface area contributed by atoms with Crippen molar-refractivity contribution < 1.29 is 10.2 Å². The summed E-state index contributed by atoms with van der Waals surface area (Å²) in [5.41, 5.74) is -0.116. The van der Waals surface area contributed by atoms with Crippen LogP contribution in [0, 0.1) is 0 Å². The third-order valence-electron chi connectivity index (χ3n) is 1.98. The summed E-state index contributed by atoms with van der Waals surface area (Å²) in [6.45, 7) is 5.91. The predicted molar refractivity (Wildman–Crippen MR) is 72.2 cm³/mol. The lowest BCUT2D eigenvalue weighted by molar-refractivity contribution is 0.113. The SMILES string of the molecule is CC(C)(C)c1nc(Br)cc(SCC(O)CO)n1. The van der Waals surface area contributed by atoms with Crippen molar-refractivity contribution in [3.63, 3.8) is 0 Å². The van der Waals surface area contributed by atoms with Crippen LogP contribution in [0.1, 0.15) is 26.6 Å². The Kier molecular flexibility index (Phi) is 5.37. The van der Waals surface area contributed by atoms with E-state index in [-0.39, 0.29) is 12.0 Å². The summed E-state index contributed by atoms with van der Waals surface area (Å²) in [5, 5.41) is 18.8. The fourth-order valence-electron chi connectivity index (χ4n) is 1.04. The third kappa shape index (κ3) is 4.91. The minimum absolute atomic E-state index is 0.116. The highest BCUT2D eigenvalue weighted by Crippen LogP contribution is 2.25. The van der Waals surface area contributed by atoms with Crippen LogP contribution in [0.25, 0.3) is 0 Å². The lowest BCUT2D eigenvalue weighted by Gasteiger charge is -2.17. The first-order valence-corrected chi connectivity index (χ1v) is 7.07. The summed E-state index contributed by atoms with van der Waals surface area (Å²) < 4.78 is 0.735. The van der Waals surface area contributed by atoms with Crippen molar-refractivity contribution in [2.75, 3.05) is 12.4 Å². The van der Waals surface area contributed by atoms with Gasteiger partial charge in [0.15, 0.2) is 0 Å². The Labute approximate surface area is 114 Å². The molecular formula is C11H17BrN2O2S. The average molecular weight is 321 g/mol. The van der Waals surface area contributed by atoms with Gasteiger partial charge in [-0.2, -0.15) is 0 Å². The van der Waals surface area contributed by atoms with Crippen LogP contribution in [0.5, 0.6) is 0 Å². The fraction of sp³-hybridized carbons (Fsp3) is 0.636. The van der Waals surface area contributed by atoms with E-state index in [1.165, 1.54) is 11.8 Å². The first kappa shape index (κ1) is 14.9. The van der Waals surface area contributed by atoms with Crippen molar-refractivity contribution >= 4 is 27.7 Å². The molecule has 6 heteroatoms. The van der Waals surface area contributed by atoms with Gasteiger partial charge in [0.1, 0.15) is 15.5 Å². The minimum atomic E-state index is -0.716. The molecule has 1 atom stereocenters.